The average molecular weight is 340 g/mol. The quantitative estimate of drug-likeness (QED) is 0.830. The van der Waals surface area contributed by atoms with Crippen LogP contribution in [0.15, 0.2) is 20.1 Å². The number of thiophene rings is 1. The molecular weight excluding hydrogens is 326 g/mol. The van der Waals surface area contributed by atoms with E-state index in [4.69, 9.17) is 4.74 Å². The highest BCUT2D eigenvalue weighted by Gasteiger charge is 2.33. The summed E-state index contributed by atoms with van der Waals surface area (Å²) in [4.78, 5) is 0. The monoisotopic (exact) mass is 339 g/mol. The number of rotatable bonds is 2. The second-order valence-corrected chi connectivity index (χ2v) is 8.04. The zero-order chi connectivity index (χ0) is 12.6. The normalized spacial score (nSPS) is 27.2. The predicted molar refractivity (Wildman–Crippen MR) is 70.8 cm³/mol. The second kappa shape index (κ2) is 4.97. The fraction of sp³-hybridized carbons (Fsp3) is 0.600. The molecule has 0 aliphatic carbocycles. The molecule has 0 radical (unpaired) electrons. The Bertz CT molecular complexity index is 489. The van der Waals surface area contributed by atoms with E-state index in [9.17, 15) is 8.42 Å². The molecule has 96 valence electrons. The first-order valence-corrected chi connectivity index (χ1v) is 8.41. The summed E-state index contributed by atoms with van der Waals surface area (Å²) in [5, 5.41) is 1.77. The van der Waals surface area contributed by atoms with E-state index in [1.807, 2.05) is 13.8 Å². The SMILES string of the molecule is CC1CN(S(=O)(=O)c2sccc2Br)CC(C)O1. The van der Waals surface area contributed by atoms with Crippen molar-refractivity contribution >= 4 is 37.3 Å². The maximum absolute atomic E-state index is 12.4. The van der Waals surface area contributed by atoms with Gasteiger partial charge in [-0.2, -0.15) is 4.31 Å². The van der Waals surface area contributed by atoms with Crippen LogP contribution in [0, 0.1) is 0 Å². The van der Waals surface area contributed by atoms with Crippen molar-refractivity contribution in [2.45, 2.75) is 30.3 Å². The zero-order valence-corrected chi connectivity index (χ0v) is 12.8. The van der Waals surface area contributed by atoms with Gasteiger partial charge in [0.2, 0.25) is 0 Å². The zero-order valence-electron chi connectivity index (χ0n) is 9.59. The molecule has 17 heavy (non-hydrogen) atoms. The minimum Gasteiger partial charge on any atom is -0.373 e. The number of hydrogen-bond acceptors (Lipinski definition) is 4. The van der Waals surface area contributed by atoms with Gasteiger partial charge in [0, 0.05) is 17.6 Å². The predicted octanol–water partition coefficient (Wildman–Crippen LogP) is 2.31. The lowest BCUT2D eigenvalue weighted by Crippen LogP contribution is -2.47. The summed E-state index contributed by atoms with van der Waals surface area (Å²) in [5.41, 5.74) is 0. The molecule has 1 aliphatic heterocycles. The van der Waals surface area contributed by atoms with E-state index in [0.29, 0.717) is 21.8 Å². The molecule has 1 saturated heterocycles. The molecule has 0 bridgehead atoms. The van der Waals surface area contributed by atoms with Gasteiger partial charge >= 0.3 is 0 Å². The summed E-state index contributed by atoms with van der Waals surface area (Å²) < 4.78 is 32.9. The molecule has 0 aromatic carbocycles. The smallest absolute Gasteiger partial charge is 0.253 e. The van der Waals surface area contributed by atoms with Crippen LogP contribution in [0.4, 0.5) is 0 Å². The minimum absolute atomic E-state index is 0.0627. The highest BCUT2D eigenvalue weighted by Crippen LogP contribution is 2.31. The van der Waals surface area contributed by atoms with Crippen molar-refractivity contribution in [2.75, 3.05) is 13.1 Å². The van der Waals surface area contributed by atoms with Crippen molar-refractivity contribution in [3.05, 3.63) is 15.9 Å². The van der Waals surface area contributed by atoms with E-state index in [1.54, 1.807) is 11.4 Å². The Kier molecular flexibility index (Phi) is 3.94. The summed E-state index contributed by atoms with van der Waals surface area (Å²) in [5.74, 6) is 0. The molecule has 2 heterocycles. The number of sulfonamides is 1. The van der Waals surface area contributed by atoms with Gasteiger partial charge in [0.1, 0.15) is 4.21 Å². The average Bonchev–Trinajstić information content (AvgIpc) is 2.63. The lowest BCUT2D eigenvalue weighted by atomic mass is 10.3. The van der Waals surface area contributed by atoms with E-state index in [-0.39, 0.29) is 12.2 Å². The number of morpholine rings is 1. The second-order valence-electron chi connectivity index (χ2n) is 4.14. The molecule has 1 fully saturated rings. The molecular formula is C10H14BrNO3S2. The molecule has 4 nitrogen and oxygen atoms in total. The van der Waals surface area contributed by atoms with Gasteiger partial charge in [0.25, 0.3) is 10.0 Å². The third-order valence-corrected chi connectivity index (χ3v) is 7.02. The van der Waals surface area contributed by atoms with Crippen LogP contribution in [-0.2, 0) is 14.8 Å². The van der Waals surface area contributed by atoms with Crippen molar-refractivity contribution in [2.24, 2.45) is 0 Å². The summed E-state index contributed by atoms with van der Waals surface area (Å²) >= 11 is 4.51. The molecule has 0 saturated carbocycles. The van der Waals surface area contributed by atoms with Crippen molar-refractivity contribution in [1.82, 2.24) is 4.31 Å². The molecule has 1 aliphatic rings. The molecule has 1 aromatic rings. The van der Waals surface area contributed by atoms with Gasteiger partial charge < -0.3 is 4.74 Å². The third kappa shape index (κ3) is 2.73. The topological polar surface area (TPSA) is 46.6 Å². The van der Waals surface area contributed by atoms with E-state index < -0.39 is 10.0 Å². The van der Waals surface area contributed by atoms with Gasteiger partial charge in [-0.05, 0) is 41.2 Å². The van der Waals surface area contributed by atoms with Crippen LogP contribution in [0.5, 0.6) is 0 Å². The van der Waals surface area contributed by atoms with Crippen molar-refractivity contribution in [1.29, 1.82) is 0 Å². The highest BCUT2D eigenvalue weighted by atomic mass is 79.9. The Morgan fingerprint density at radius 1 is 1.41 bits per heavy atom. The Hall–Kier alpha value is 0.0500. The van der Waals surface area contributed by atoms with Crippen molar-refractivity contribution in [3.63, 3.8) is 0 Å². The Morgan fingerprint density at radius 3 is 2.47 bits per heavy atom. The number of ether oxygens (including phenoxy) is 1. The van der Waals surface area contributed by atoms with E-state index in [0.717, 1.165) is 0 Å². The van der Waals surface area contributed by atoms with Gasteiger partial charge in [0.05, 0.1) is 12.2 Å². The fourth-order valence-corrected chi connectivity index (χ4v) is 5.95. The summed E-state index contributed by atoms with van der Waals surface area (Å²) in [6.07, 6.45) is -0.125. The first kappa shape index (κ1) is 13.5. The van der Waals surface area contributed by atoms with Gasteiger partial charge in [-0.15, -0.1) is 11.3 Å². The largest absolute Gasteiger partial charge is 0.373 e. The Balaban J connectivity index is 2.30. The lowest BCUT2D eigenvalue weighted by molar-refractivity contribution is -0.0440. The fourth-order valence-electron chi connectivity index (χ4n) is 1.91. The molecule has 2 rings (SSSR count). The molecule has 0 spiro atoms. The van der Waals surface area contributed by atoms with Gasteiger partial charge in [-0.25, -0.2) is 8.42 Å². The van der Waals surface area contributed by atoms with E-state index >= 15 is 0 Å². The van der Waals surface area contributed by atoms with Crippen LogP contribution in [0.1, 0.15) is 13.8 Å². The summed E-state index contributed by atoms with van der Waals surface area (Å²) in [6.45, 7) is 4.61. The van der Waals surface area contributed by atoms with Gasteiger partial charge in [-0.3, -0.25) is 0 Å². The van der Waals surface area contributed by atoms with Crippen LogP contribution in [-0.4, -0.2) is 38.0 Å². The molecule has 7 heteroatoms. The third-order valence-electron chi connectivity index (χ3n) is 2.54. The lowest BCUT2D eigenvalue weighted by Gasteiger charge is -2.34. The Labute approximate surface area is 114 Å². The van der Waals surface area contributed by atoms with Crippen LogP contribution >= 0.6 is 27.3 Å². The minimum atomic E-state index is -3.39. The van der Waals surface area contributed by atoms with Crippen LogP contribution in [0.25, 0.3) is 0 Å². The van der Waals surface area contributed by atoms with Crippen molar-refractivity contribution in [3.8, 4) is 0 Å². The highest BCUT2D eigenvalue weighted by molar-refractivity contribution is 9.10. The molecule has 2 atom stereocenters. The van der Waals surface area contributed by atoms with Gasteiger partial charge in [0.15, 0.2) is 0 Å². The first-order chi connectivity index (χ1) is 7.91. The molecule has 2 unspecified atom stereocenters. The first-order valence-electron chi connectivity index (χ1n) is 5.30. The van der Waals surface area contributed by atoms with Crippen molar-refractivity contribution < 1.29 is 13.2 Å². The standard InChI is InChI=1S/C10H14BrNO3S2/c1-7-5-12(6-8(2)15-7)17(13,14)10-9(11)3-4-16-10/h3-4,7-8H,5-6H2,1-2H3. The van der Waals surface area contributed by atoms with Gasteiger partial charge in [-0.1, -0.05) is 0 Å². The molecule has 1 aromatic heterocycles. The van der Waals surface area contributed by atoms with Crippen LogP contribution < -0.4 is 0 Å². The number of halogens is 1. The maximum Gasteiger partial charge on any atom is 0.253 e. The summed E-state index contributed by atoms with van der Waals surface area (Å²) in [6, 6.07) is 1.75. The van der Waals surface area contributed by atoms with Crippen LogP contribution in [0.3, 0.4) is 0 Å². The number of nitrogens with zero attached hydrogens (tertiary/aromatic N) is 1. The van der Waals surface area contributed by atoms with Crippen LogP contribution in [0.2, 0.25) is 0 Å². The number of hydrogen-bond donors (Lipinski definition) is 0. The van der Waals surface area contributed by atoms with E-state index in [2.05, 4.69) is 15.9 Å². The molecule has 0 N–H and O–H groups in total. The Morgan fingerprint density at radius 2 is 2.00 bits per heavy atom. The summed E-state index contributed by atoms with van der Waals surface area (Å²) in [7, 11) is -3.39. The van der Waals surface area contributed by atoms with E-state index in [1.165, 1.54) is 15.6 Å². The maximum atomic E-state index is 12.4. The molecule has 0 amide bonds.